The summed E-state index contributed by atoms with van der Waals surface area (Å²) in [6.07, 6.45) is 1.30. The summed E-state index contributed by atoms with van der Waals surface area (Å²) in [4.78, 5) is 41.0. The summed E-state index contributed by atoms with van der Waals surface area (Å²) in [5.74, 6) is 0.0878. The maximum atomic E-state index is 12.6. The average molecular weight is 421 g/mol. The Kier molecular flexibility index (Phi) is 6.21. The molecule has 1 N–H and O–H groups in total. The van der Waals surface area contributed by atoms with Gasteiger partial charge < -0.3 is 19.9 Å². The predicted molar refractivity (Wildman–Crippen MR) is 117 cm³/mol. The average Bonchev–Trinajstić information content (AvgIpc) is 3.20. The normalized spacial score (nSPS) is 18.0. The standard InChI is InChI=1S/C24H27N3O4/c1-31-21-8-6-20(7-9-21)27-16-19(14-23(27)29)24(30)25-12-10-22(28)26-13-11-17-4-2-3-5-18(17)15-26/h2-9,19H,10-16H2,1H3,(H,25,30)/t19-/m1/s1. The zero-order valence-corrected chi connectivity index (χ0v) is 17.7. The van der Waals surface area contributed by atoms with Crippen LogP contribution in [-0.2, 0) is 27.3 Å². The van der Waals surface area contributed by atoms with Gasteiger partial charge in [0.25, 0.3) is 0 Å². The van der Waals surface area contributed by atoms with E-state index in [2.05, 4.69) is 17.4 Å². The monoisotopic (exact) mass is 421 g/mol. The summed E-state index contributed by atoms with van der Waals surface area (Å²) < 4.78 is 5.14. The summed E-state index contributed by atoms with van der Waals surface area (Å²) in [6.45, 7) is 1.95. The maximum absolute atomic E-state index is 12.6. The van der Waals surface area contributed by atoms with Crippen molar-refractivity contribution in [1.82, 2.24) is 10.2 Å². The number of hydrogen-bond donors (Lipinski definition) is 1. The molecule has 2 aromatic rings. The number of carbonyl (C=O) groups excluding carboxylic acids is 3. The number of methoxy groups -OCH3 is 1. The van der Waals surface area contributed by atoms with Gasteiger partial charge in [-0.1, -0.05) is 24.3 Å². The third-order valence-corrected chi connectivity index (χ3v) is 6.00. The lowest BCUT2D eigenvalue weighted by Crippen LogP contribution is -2.39. The van der Waals surface area contributed by atoms with Crippen molar-refractivity contribution in [2.24, 2.45) is 5.92 Å². The molecule has 1 fully saturated rings. The molecule has 2 aliphatic heterocycles. The van der Waals surface area contributed by atoms with Gasteiger partial charge >= 0.3 is 0 Å². The maximum Gasteiger partial charge on any atom is 0.227 e. The number of carbonyl (C=O) groups is 3. The smallest absolute Gasteiger partial charge is 0.227 e. The molecule has 162 valence electrons. The first-order valence-electron chi connectivity index (χ1n) is 10.6. The van der Waals surface area contributed by atoms with Crippen LogP contribution in [0, 0.1) is 5.92 Å². The molecule has 0 saturated carbocycles. The number of nitrogens with one attached hydrogen (secondary N) is 1. The van der Waals surface area contributed by atoms with Gasteiger partial charge in [-0.2, -0.15) is 0 Å². The highest BCUT2D eigenvalue weighted by Gasteiger charge is 2.35. The Bertz CT molecular complexity index is 973. The highest BCUT2D eigenvalue weighted by Crippen LogP contribution is 2.27. The Morgan fingerprint density at radius 1 is 1.10 bits per heavy atom. The van der Waals surface area contributed by atoms with Crippen LogP contribution >= 0.6 is 0 Å². The van der Waals surface area contributed by atoms with E-state index in [-0.39, 0.29) is 37.1 Å². The second-order valence-electron chi connectivity index (χ2n) is 7.98. The Labute approximate surface area is 182 Å². The van der Waals surface area contributed by atoms with Crippen molar-refractivity contribution < 1.29 is 19.1 Å². The van der Waals surface area contributed by atoms with Gasteiger partial charge in [0, 0.05) is 44.7 Å². The lowest BCUT2D eigenvalue weighted by Gasteiger charge is -2.29. The van der Waals surface area contributed by atoms with Crippen LogP contribution in [0.3, 0.4) is 0 Å². The van der Waals surface area contributed by atoms with E-state index in [1.54, 1.807) is 24.1 Å². The largest absolute Gasteiger partial charge is 0.497 e. The summed E-state index contributed by atoms with van der Waals surface area (Å²) in [5.41, 5.74) is 3.24. The Balaban J connectivity index is 1.24. The molecule has 0 radical (unpaired) electrons. The van der Waals surface area contributed by atoms with Crippen LogP contribution in [0.15, 0.2) is 48.5 Å². The minimum absolute atomic E-state index is 0.0390. The second-order valence-corrected chi connectivity index (χ2v) is 7.98. The molecule has 7 nitrogen and oxygen atoms in total. The number of hydrogen-bond acceptors (Lipinski definition) is 4. The molecule has 0 bridgehead atoms. The quantitative estimate of drug-likeness (QED) is 0.775. The van der Waals surface area contributed by atoms with Gasteiger partial charge in [-0.25, -0.2) is 0 Å². The number of rotatable bonds is 6. The zero-order valence-electron chi connectivity index (χ0n) is 17.7. The van der Waals surface area contributed by atoms with Gasteiger partial charge in [0.05, 0.1) is 13.0 Å². The third-order valence-electron chi connectivity index (χ3n) is 6.00. The number of anilines is 1. The van der Waals surface area contributed by atoms with Crippen molar-refractivity contribution in [2.75, 3.05) is 31.6 Å². The zero-order chi connectivity index (χ0) is 21.8. The van der Waals surface area contributed by atoms with Crippen molar-refractivity contribution in [3.8, 4) is 5.75 Å². The summed E-state index contributed by atoms with van der Waals surface area (Å²) >= 11 is 0. The predicted octanol–water partition coefficient (Wildman–Crippen LogP) is 2.14. The molecule has 7 heteroatoms. The molecule has 0 spiro atoms. The van der Waals surface area contributed by atoms with Crippen molar-refractivity contribution in [3.63, 3.8) is 0 Å². The molecule has 2 aliphatic rings. The molecule has 3 amide bonds. The van der Waals surface area contributed by atoms with E-state index in [0.717, 1.165) is 12.1 Å². The molecule has 0 unspecified atom stereocenters. The number of nitrogens with zero attached hydrogens (tertiary/aromatic N) is 2. The van der Waals surface area contributed by atoms with Gasteiger partial charge in [0.2, 0.25) is 17.7 Å². The van der Waals surface area contributed by atoms with Gasteiger partial charge in [0.15, 0.2) is 0 Å². The molecule has 1 saturated heterocycles. The third kappa shape index (κ3) is 4.71. The van der Waals surface area contributed by atoms with E-state index >= 15 is 0 Å². The lowest BCUT2D eigenvalue weighted by atomic mass is 10.00. The minimum Gasteiger partial charge on any atom is -0.497 e. The van der Waals surface area contributed by atoms with E-state index < -0.39 is 5.92 Å². The van der Waals surface area contributed by atoms with E-state index in [9.17, 15) is 14.4 Å². The van der Waals surface area contributed by atoms with Crippen molar-refractivity contribution in [2.45, 2.75) is 25.8 Å². The number of ether oxygens (including phenoxy) is 1. The Morgan fingerprint density at radius 2 is 1.84 bits per heavy atom. The van der Waals surface area contributed by atoms with Crippen LogP contribution in [0.25, 0.3) is 0 Å². The molecular weight excluding hydrogens is 394 g/mol. The fraction of sp³-hybridized carbons (Fsp3) is 0.375. The first kappa shape index (κ1) is 20.9. The molecule has 0 aromatic heterocycles. The van der Waals surface area contributed by atoms with E-state index in [1.807, 2.05) is 29.2 Å². The van der Waals surface area contributed by atoms with Crippen molar-refractivity contribution in [1.29, 1.82) is 0 Å². The number of amides is 3. The summed E-state index contributed by atoms with van der Waals surface area (Å²) in [6, 6.07) is 15.4. The molecule has 2 aromatic carbocycles. The van der Waals surface area contributed by atoms with Crippen LogP contribution in [0.1, 0.15) is 24.0 Å². The fourth-order valence-corrected chi connectivity index (χ4v) is 4.20. The SMILES string of the molecule is COc1ccc(N2C[C@H](C(=O)NCCC(=O)N3CCc4ccccc4C3)CC2=O)cc1. The highest BCUT2D eigenvalue weighted by atomic mass is 16.5. The highest BCUT2D eigenvalue weighted by molar-refractivity contribution is 6.00. The van der Waals surface area contributed by atoms with Crippen LogP contribution in [0.5, 0.6) is 5.75 Å². The molecule has 4 rings (SSSR count). The molecule has 0 aliphatic carbocycles. The van der Waals surface area contributed by atoms with Gasteiger partial charge in [-0.15, -0.1) is 0 Å². The summed E-state index contributed by atoms with van der Waals surface area (Å²) in [5, 5.41) is 2.84. The Hall–Kier alpha value is -3.35. The van der Waals surface area contributed by atoms with E-state index in [1.165, 1.54) is 11.1 Å². The van der Waals surface area contributed by atoms with Crippen molar-refractivity contribution >= 4 is 23.4 Å². The van der Waals surface area contributed by atoms with Crippen LogP contribution in [0.2, 0.25) is 0 Å². The van der Waals surface area contributed by atoms with Crippen molar-refractivity contribution in [3.05, 3.63) is 59.7 Å². The minimum atomic E-state index is -0.411. The van der Waals surface area contributed by atoms with Crippen LogP contribution < -0.4 is 15.0 Å². The second kappa shape index (κ2) is 9.20. The molecule has 1 atom stereocenters. The van der Waals surface area contributed by atoms with E-state index in [0.29, 0.717) is 25.4 Å². The van der Waals surface area contributed by atoms with E-state index in [4.69, 9.17) is 4.74 Å². The fourth-order valence-electron chi connectivity index (χ4n) is 4.20. The summed E-state index contributed by atoms with van der Waals surface area (Å²) in [7, 11) is 1.59. The van der Waals surface area contributed by atoms with Gasteiger partial charge in [-0.05, 0) is 41.8 Å². The molecule has 2 heterocycles. The number of fused-ring (bicyclic) bond motifs is 1. The van der Waals surface area contributed by atoms with Gasteiger partial charge in [-0.3, -0.25) is 14.4 Å². The lowest BCUT2D eigenvalue weighted by molar-refractivity contribution is -0.132. The van der Waals surface area contributed by atoms with Crippen LogP contribution in [0.4, 0.5) is 5.69 Å². The first-order valence-corrected chi connectivity index (χ1v) is 10.6. The van der Waals surface area contributed by atoms with Gasteiger partial charge in [0.1, 0.15) is 5.75 Å². The topological polar surface area (TPSA) is 79.0 Å². The first-order chi connectivity index (χ1) is 15.0. The Morgan fingerprint density at radius 3 is 2.58 bits per heavy atom. The van der Waals surface area contributed by atoms with Crippen LogP contribution in [-0.4, -0.2) is 49.4 Å². The molecule has 31 heavy (non-hydrogen) atoms. The molecular formula is C24H27N3O4. The number of benzene rings is 2.